The van der Waals surface area contributed by atoms with Gasteiger partial charge in [0.05, 0.1) is 6.04 Å². The summed E-state index contributed by atoms with van der Waals surface area (Å²) in [6.07, 6.45) is 2.07. The molecule has 152 valence electrons. The number of fused-ring (bicyclic) bond motifs is 2. The normalized spacial score (nSPS) is 26.6. The van der Waals surface area contributed by atoms with Crippen molar-refractivity contribution in [3.8, 4) is 5.75 Å². The number of pyridine rings is 1. The average Bonchev–Trinajstić information content (AvgIpc) is 3.25. The molecule has 5 rings (SSSR count). The van der Waals surface area contributed by atoms with Crippen molar-refractivity contribution in [2.75, 3.05) is 6.54 Å². The molecule has 7 heteroatoms. The Morgan fingerprint density at radius 3 is 2.97 bits per heavy atom. The summed E-state index contributed by atoms with van der Waals surface area (Å²) in [5.41, 5.74) is 3.73. The lowest BCUT2D eigenvalue weighted by molar-refractivity contribution is -0.0167. The van der Waals surface area contributed by atoms with Gasteiger partial charge in [0, 0.05) is 42.4 Å². The highest BCUT2D eigenvalue weighted by Gasteiger charge is 2.44. The second kappa shape index (κ2) is 7.09. The lowest BCUT2D eigenvalue weighted by Crippen LogP contribution is -2.35. The minimum atomic E-state index is -1.07. The predicted octanol–water partition coefficient (Wildman–Crippen LogP) is 2.24. The van der Waals surface area contributed by atoms with Crippen LogP contribution in [0.1, 0.15) is 29.2 Å². The smallest absolute Gasteiger partial charge is 0.140 e. The van der Waals surface area contributed by atoms with Crippen molar-refractivity contribution in [3.05, 3.63) is 59.2 Å². The van der Waals surface area contributed by atoms with Crippen LogP contribution in [0.5, 0.6) is 5.75 Å². The summed E-state index contributed by atoms with van der Waals surface area (Å²) in [5, 5.41) is 25.7. The zero-order valence-corrected chi connectivity index (χ0v) is 16.2. The van der Waals surface area contributed by atoms with Gasteiger partial charge in [-0.1, -0.05) is 0 Å². The molecule has 0 bridgehead atoms. The van der Waals surface area contributed by atoms with Gasteiger partial charge in [0.15, 0.2) is 0 Å². The van der Waals surface area contributed by atoms with Gasteiger partial charge in [-0.15, -0.1) is 0 Å². The molecule has 3 heterocycles. The molecule has 29 heavy (non-hydrogen) atoms. The summed E-state index contributed by atoms with van der Waals surface area (Å²) in [6.45, 7) is 3.42. The van der Waals surface area contributed by atoms with Gasteiger partial charge in [-0.25, -0.2) is 9.37 Å². The van der Waals surface area contributed by atoms with Crippen molar-refractivity contribution in [2.45, 2.75) is 50.7 Å². The summed E-state index contributed by atoms with van der Waals surface area (Å²) in [5.74, 6) is 0.0942. The lowest BCUT2D eigenvalue weighted by Gasteiger charge is -2.24. The van der Waals surface area contributed by atoms with E-state index in [0.717, 1.165) is 40.7 Å². The highest BCUT2D eigenvalue weighted by atomic mass is 19.1. The number of hydrogen-bond donors (Lipinski definition) is 3. The molecule has 1 aliphatic heterocycles. The van der Waals surface area contributed by atoms with E-state index in [0.29, 0.717) is 18.7 Å². The zero-order valence-electron chi connectivity index (χ0n) is 16.2. The van der Waals surface area contributed by atoms with Gasteiger partial charge in [0.25, 0.3) is 0 Å². The third-order valence-electron chi connectivity index (χ3n) is 6.21. The highest BCUT2D eigenvalue weighted by molar-refractivity contribution is 5.79. The molecule has 2 aromatic heterocycles. The number of hydrogen-bond acceptors (Lipinski definition) is 5. The van der Waals surface area contributed by atoms with Crippen LogP contribution in [-0.2, 0) is 13.0 Å². The Kier molecular flexibility index (Phi) is 4.53. The van der Waals surface area contributed by atoms with E-state index in [-0.39, 0.29) is 11.9 Å². The Morgan fingerprint density at radius 1 is 1.24 bits per heavy atom. The van der Waals surface area contributed by atoms with Crippen LogP contribution < -0.4 is 10.1 Å². The molecule has 1 saturated carbocycles. The fourth-order valence-electron chi connectivity index (χ4n) is 4.61. The van der Waals surface area contributed by atoms with Crippen LogP contribution in [0.25, 0.3) is 11.0 Å². The van der Waals surface area contributed by atoms with E-state index in [2.05, 4.69) is 10.3 Å². The predicted molar refractivity (Wildman–Crippen MR) is 106 cm³/mol. The van der Waals surface area contributed by atoms with Crippen LogP contribution in [-0.4, -0.2) is 44.6 Å². The summed E-state index contributed by atoms with van der Waals surface area (Å²) >= 11 is 0. The van der Waals surface area contributed by atoms with Crippen molar-refractivity contribution in [1.82, 2.24) is 14.9 Å². The molecule has 0 saturated heterocycles. The molecule has 4 atom stereocenters. The topological polar surface area (TPSA) is 79.5 Å². The standard InChI is InChI=1S/C22H24FN3O3/c1-12-2-6-25-22-15(12)4-7-26(22)17-10-19(21(28)20(17)27)29-18-9-14(23)8-13-3-5-24-11-16(13)18/h2,4,6-9,17,19-21,24,27-28H,3,5,10-11H2,1H3/t17?,19?,20-,21+/m0/s1. The summed E-state index contributed by atoms with van der Waals surface area (Å²) in [7, 11) is 0. The minimum Gasteiger partial charge on any atom is -0.487 e. The second-order valence-corrected chi connectivity index (χ2v) is 8.00. The van der Waals surface area contributed by atoms with Crippen LogP contribution in [0.15, 0.2) is 36.7 Å². The largest absolute Gasteiger partial charge is 0.487 e. The third-order valence-corrected chi connectivity index (χ3v) is 6.21. The van der Waals surface area contributed by atoms with Gasteiger partial charge in [-0.3, -0.25) is 0 Å². The van der Waals surface area contributed by atoms with E-state index in [4.69, 9.17) is 4.74 Å². The number of aryl methyl sites for hydroxylation is 1. The molecular weight excluding hydrogens is 373 g/mol. The van der Waals surface area contributed by atoms with Crippen LogP contribution in [0.4, 0.5) is 4.39 Å². The van der Waals surface area contributed by atoms with Crippen LogP contribution in [0.2, 0.25) is 0 Å². The van der Waals surface area contributed by atoms with Crippen molar-refractivity contribution in [3.63, 3.8) is 0 Å². The van der Waals surface area contributed by atoms with Gasteiger partial charge < -0.3 is 24.8 Å². The Bertz CT molecular complexity index is 1070. The third kappa shape index (κ3) is 3.10. The van der Waals surface area contributed by atoms with E-state index in [1.807, 2.05) is 29.8 Å². The van der Waals surface area contributed by atoms with Gasteiger partial charge >= 0.3 is 0 Å². The Labute approximate surface area is 167 Å². The Morgan fingerprint density at radius 2 is 2.10 bits per heavy atom. The highest BCUT2D eigenvalue weighted by Crippen LogP contribution is 2.37. The molecule has 0 radical (unpaired) electrons. The molecule has 0 spiro atoms. The Balaban J connectivity index is 1.45. The fraction of sp³-hybridized carbons (Fsp3) is 0.409. The van der Waals surface area contributed by atoms with Crippen molar-refractivity contribution >= 4 is 11.0 Å². The number of aromatic nitrogens is 2. The number of nitrogens with one attached hydrogen (secondary N) is 1. The first kappa shape index (κ1) is 18.5. The average molecular weight is 397 g/mol. The maximum absolute atomic E-state index is 14.1. The molecule has 1 fully saturated rings. The maximum atomic E-state index is 14.1. The molecule has 0 amide bonds. The van der Waals surface area contributed by atoms with E-state index in [1.54, 1.807) is 12.3 Å². The quantitative estimate of drug-likeness (QED) is 0.632. The van der Waals surface area contributed by atoms with E-state index in [1.165, 1.54) is 6.07 Å². The minimum absolute atomic E-state index is 0.346. The molecular formula is C22H24FN3O3. The van der Waals surface area contributed by atoms with E-state index < -0.39 is 18.3 Å². The molecule has 2 unspecified atom stereocenters. The first-order chi connectivity index (χ1) is 14.0. The van der Waals surface area contributed by atoms with Gasteiger partial charge in [-0.2, -0.15) is 0 Å². The van der Waals surface area contributed by atoms with E-state index in [9.17, 15) is 14.6 Å². The SMILES string of the molecule is Cc1ccnc2c1ccn2C1CC(Oc2cc(F)cc3c2CNCC3)[C@@H](O)[C@H]1O. The van der Waals surface area contributed by atoms with Crippen molar-refractivity contribution in [2.24, 2.45) is 0 Å². The summed E-state index contributed by atoms with van der Waals surface area (Å²) in [6, 6.07) is 6.46. The molecule has 3 N–H and O–H groups in total. The first-order valence-electron chi connectivity index (χ1n) is 10.00. The zero-order chi connectivity index (χ0) is 20.1. The van der Waals surface area contributed by atoms with Gasteiger partial charge in [0.1, 0.15) is 35.5 Å². The van der Waals surface area contributed by atoms with Crippen LogP contribution in [0.3, 0.4) is 0 Å². The number of aliphatic hydroxyl groups is 2. The van der Waals surface area contributed by atoms with E-state index >= 15 is 0 Å². The number of halogens is 1. The molecule has 1 aromatic carbocycles. The van der Waals surface area contributed by atoms with Crippen molar-refractivity contribution in [1.29, 1.82) is 0 Å². The fourth-order valence-corrected chi connectivity index (χ4v) is 4.61. The molecule has 3 aromatic rings. The lowest BCUT2D eigenvalue weighted by atomic mass is 10.00. The number of aliphatic hydroxyl groups excluding tert-OH is 2. The van der Waals surface area contributed by atoms with Gasteiger partial charge in [0.2, 0.25) is 0 Å². The first-order valence-corrected chi connectivity index (χ1v) is 10.00. The van der Waals surface area contributed by atoms with Crippen LogP contribution in [0, 0.1) is 12.7 Å². The number of ether oxygens (including phenoxy) is 1. The van der Waals surface area contributed by atoms with Crippen LogP contribution >= 0.6 is 0 Å². The van der Waals surface area contributed by atoms with Crippen molar-refractivity contribution < 1.29 is 19.3 Å². The molecule has 6 nitrogen and oxygen atoms in total. The number of nitrogens with zero attached hydrogens (tertiary/aromatic N) is 2. The number of rotatable bonds is 3. The molecule has 1 aliphatic carbocycles. The number of benzene rings is 1. The summed E-state index contributed by atoms with van der Waals surface area (Å²) in [4.78, 5) is 4.46. The second-order valence-electron chi connectivity index (χ2n) is 8.00. The van der Waals surface area contributed by atoms with Gasteiger partial charge in [-0.05, 0) is 49.2 Å². The maximum Gasteiger partial charge on any atom is 0.140 e. The monoisotopic (exact) mass is 397 g/mol. The summed E-state index contributed by atoms with van der Waals surface area (Å²) < 4.78 is 22.1. The molecule has 2 aliphatic rings. The Hall–Kier alpha value is -2.48.